The van der Waals surface area contributed by atoms with Crippen LogP contribution in [-0.4, -0.2) is 50.2 Å². The highest BCUT2D eigenvalue weighted by Gasteiger charge is 2.31. The molecule has 7 heteroatoms. The molecule has 1 aromatic rings. The number of carbonyl (C=O) groups excluding carboxylic acids is 1. The molecule has 7 nitrogen and oxygen atoms in total. The number of likely N-dealkylation sites (N-methyl/N-ethyl adjacent to an activating group) is 1. The summed E-state index contributed by atoms with van der Waals surface area (Å²) in [7, 11) is 1.46. The number of aromatic amines is 1. The molecule has 0 aromatic carbocycles. The molecule has 18 heavy (non-hydrogen) atoms. The Kier molecular flexibility index (Phi) is 3.31. The van der Waals surface area contributed by atoms with Gasteiger partial charge in [-0.2, -0.15) is 0 Å². The minimum absolute atomic E-state index is 0.0408. The molecule has 1 amide bonds. The molecule has 0 saturated heterocycles. The predicted octanol–water partition coefficient (Wildman–Crippen LogP) is 0.617. The Morgan fingerprint density at radius 1 is 1.56 bits per heavy atom. The maximum Gasteiger partial charge on any atom is 0.326 e. The van der Waals surface area contributed by atoms with E-state index in [-0.39, 0.29) is 5.82 Å². The molecule has 2 rings (SSSR count). The van der Waals surface area contributed by atoms with Crippen molar-refractivity contribution in [1.29, 1.82) is 0 Å². The fourth-order valence-electron chi connectivity index (χ4n) is 1.82. The summed E-state index contributed by atoms with van der Waals surface area (Å²) >= 11 is 0. The van der Waals surface area contributed by atoms with Crippen LogP contribution in [-0.2, 0) is 4.79 Å². The maximum atomic E-state index is 12.0. The molecule has 1 aliphatic carbocycles. The molecule has 2 N–H and O–H groups in total. The van der Waals surface area contributed by atoms with E-state index < -0.39 is 17.9 Å². The quantitative estimate of drug-likeness (QED) is 0.800. The van der Waals surface area contributed by atoms with E-state index >= 15 is 0 Å². The van der Waals surface area contributed by atoms with Gasteiger partial charge in [0.05, 0.1) is 0 Å². The summed E-state index contributed by atoms with van der Waals surface area (Å²) < 4.78 is 0. The molecule has 0 radical (unpaired) electrons. The van der Waals surface area contributed by atoms with Crippen LogP contribution in [0.3, 0.4) is 0 Å². The lowest BCUT2D eigenvalue weighted by molar-refractivity contribution is -0.142. The van der Waals surface area contributed by atoms with Gasteiger partial charge in [0.1, 0.15) is 11.9 Å². The number of hydrogen-bond donors (Lipinski definition) is 2. The summed E-state index contributed by atoms with van der Waals surface area (Å²) in [5.41, 5.74) is 0. The smallest absolute Gasteiger partial charge is 0.326 e. The highest BCUT2D eigenvalue weighted by Crippen LogP contribution is 2.37. The normalized spacial score (nSPS) is 16.3. The van der Waals surface area contributed by atoms with E-state index in [1.165, 1.54) is 11.9 Å². The number of nitrogens with zero attached hydrogens (tertiary/aromatic N) is 3. The van der Waals surface area contributed by atoms with Gasteiger partial charge in [0.25, 0.3) is 5.91 Å². The van der Waals surface area contributed by atoms with Crippen LogP contribution in [0, 0.1) is 0 Å². The molecule has 1 fully saturated rings. The lowest BCUT2D eigenvalue weighted by Gasteiger charge is -2.22. The van der Waals surface area contributed by atoms with Crippen LogP contribution in [0.25, 0.3) is 0 Å². The van der Waals surface area contributed by atoms with Gasteiger partial charge in [-0.15, -0.1) is 5.10 Å². The molecule has 98 valence electrons. The van der Waals surface area contributed by atoms with E-state index in [9.17, 15) is 9.59 Å². The Balaban J connectivity index is 2.11. The van der Waals surface area contributed by atoms with Crippen LogP contribution in [0.4, 0.5) is 0 Å². The number of aromatic nitrogens is 3. The molecule has 1 saturated carbocycles. The van der Waals surface area contributed by atoms with Gasteiger partial charge in [-0.25, -0.2) is 9.78 Å². The predicted molar refractivity (Wildman–Crippen MR) is 62.2 cm³/mol. The van der Waals surface area contributed by atoms with Gasteiger partial charge >= 0.3 is 5.97 Å². The third kappa shape index (κ3) is 2.34. The van der Waals surface area contributed by atoms with Crippen molar-refractivity contribution in [3.05, 3.63) is 11.6 Å². The first kappa shape index (κ1) is 12.5. The fourth-order valence-corrected chi connectivity index (χ4v) is 1.82. The molecule has 1 unspecified atom stereocenters. The number of carboxylic acid groups (broad SMARTS) is 1. The third-order valence-electron chi connectivity index (χ3n) is 3.12. The van der Waals surface area contributed by atoms with E-state index in [1.54, 1.807) is 6.92 Å². The van der Waals surface area contributed by atoms with Gasteiger partial charge in [0, 0.05) is 13.0 Å². The summed E-state index contributed by atoms with van der Waals surface area (Å²) in [6.07, 6.45) is 2.47. The second-order valence-corrected chi connectivity index (χ2v) is 4.50. The fraction of sp³-hybridized carbons (Fsp3) is 0.636. The zero-order valence-electron chi connectivity index (χ0n) is 10.4. The van der Waals surface area contributed by atoms with Crippen LogP contribution < -0.4 is 0 Å². The van der Waals surface area contributed by atoms with Crippen LogP contribution >= 0.6 is 0 Å². The molecule has 0 spiro atoms. The summed E-state index contributed by atoms with van der Waals surface area (Å²) in [4.78, 5) is 28.3. The highest BCUT2D eigenvalue weighted by atomic mass is 16.4. The largest absolute Gasteiger partial charge is 0.480 e. The van der Waals surface area contributed by atoms with Crippen molar-refractivity contribution in [2.75, 3.05) is 7.05 Å². The van der Waals surface area contributed by atoms with Crippen molar-refractivity contribution in [1.82, 2.24) is 20.1 Å². The Morgan fingerprint density at radius 3 is 2.72 bits per heavy atom. The topological polar surface area (TPSA) is 99.2 Å². The Morgan fingerprint density at radius 2 is 2.22 bits per heavy atom. The zero-order chi connectivity index (χ0) is 13.3. The number of carboxylic acids is 1. The number of nitrogens with one attached hydrogen (secondary N) is 1. The lowest BCUT2D eigenvalue weighted by Crippen LogP contribution is -2.42. The number of hydrogen-bond acceptors (Lipinski definition) is 4. The van der Waals surface area contributed by atoms with Crippen molar-refractivity contribution in [2.45, 2.75) is 38.1 Å². The van der Waals surface area contributed by atoms with Crippen molar-refractivity contribution >= 4 is 11.9 Å². The zero-order valence-corrected chi connectivity index (χ0v) is 10.4. The molecule has 0 bridgehead atoms. The van der Waals surface area contributed by atoms with E-state index in [0.717, 1.165) is 18.7 Å². The number of rotatable bonds is 5. The van der Waals surface area contributed by atoms with E-state index in [2.05, 4.69) is 15.2 Å². The van der Waals surface area contributed by atoms with E-state index in [4.69, 9.17) is 5.11 Å². The molecule has 1 heterocycles. The summed E-state index contributed by atoms with van der Waals surface area (Å²) in [6.45, 7) is 1.72. The molecule has 1 atom stereocenters. The maximum absolute atomic E-state index is 12.0. The first-order valence-corrected chi connectivity index (χ1v) is 5.96. The Labute approximate surface area is 104 Å². The van der Waals surface area contributed by atoms with E-state index in [1.807, 2.05) is 0 Å². The second kappa shape index (κ2) is 4.75. The first-order chi connectivity index (χ1) is 8.54. The van der Waals surface area contributed by atoms with Gasteiger partial charge < -0.3 is 10.0 Å². The Hall–Kier alpha value is -1.92. The molecular weight excluding hydrogens is 236 g/mol. The minimum atomic E-state index is -1.02. The molecule has 0 aliphatic heterocycles. The lowest BCUT2D eigenvalue weighted by atomic mass is 10.2. The van der Waals surface area contributed by atoms with Crippen molar-refractivity contribution in [3.8, 4) is 0 Å². The third-order valence-corrected chi connectivity index (χ3v) is 3.12. The van der Waals surface area contributed by atoms with Gasteiger partial charge in [0.15, 0.2) is 0 Å². The van der Waals surface area contributed by atoms with E-state index in [0.29, 0.717) is 12.3 Å². The van der Waals surface area contributed by atoms with Crippen LogP contribution in [0.5, 0.6) is 0 Å². The second-order valence-electron chi connectivity index (χ2n) is 4.50. The first-order valence-electron chi connectivity index (χ1n) is 5.96. The van der Waals surface area contributed by atoms with Crippen molar-refractivity contribution in [3.63, 3.8) is 0 Å². The average Bonchev–Trinajstić information content (AvgIpc) is 3.07. The van der Waals surface area contributed by atoms with Gasteiger partial charge in [-0.3, -0.25) is 9.89 Å². The van der Waals surface area contributed by atoms with Crippen LogP contribution in [0.1, 0.15) is 48.5 Å². The van der Waals surface area contributed by atoms with Crippen LogP contribution in [0.15, 0.2) is 0 Å². The molecular formula is C11H16N4O3. The van der Waals surface area contributed by atoms with Gasteiger partial charge in [0.2, 0.25) is 5.82 Å². The molecule has 1 aromatic heterocycles. The summed E-state index contributed by atoms with van der Waals surface area (Å²) in [5.74, 6) is -0.348. The van der Waals surface area contributed by atoms with Crippen molar-refractivity contribution in [2.24, 2.45) is 0 Å². The van der Waals surface area contributed by atoms with Crippen molar-refractivity contribution < 1.29 is 14.7 Å². The minimum Gasteiger partial charge on any atom is -0.480 e. The number of aliphatic carboxylic acids is 1. The molecule has 1 aliphatic rings. The summed E-state index contributed by atoms with van der Waals surface area (Å²) in [6, 6.07) is -0.847. The SMILES string of the molecule is CCC(C(=O)O)N(C)C(=O)c1n[nH]c(C2CC2)n1. The standard InChI is InChI=1S/C11H16N4O3/c1-3-7(11(17)18)15(2)10(16)9-12-8(13-14-9)6-4-5-6/h6-7H,3-5H2,1-2H3,(H,17,18)(H,12,13,14). The number of amides is 1. The monoisotopic (exact) mass is 252 g/mol. The van der Waals surface area contributed by atoms with Gasteiger partial charge in [-0.1, -0.05) is 6.92 Å². The number of H-pyrrole nitrogens is 1. The highest BCUT2D eigenvalue weighted by molar-refractivity contribution is 5.93. The van der Waals surface area contributed by atoms with Crippen LogP contribution in [0.2, 0.25) is 0 Å². The summed E-state index contributed by atoms with van der Waals surface area (Å²) in [5, 5.41) is 15.6. The number of carbonyl (C=O) groups is 2. The Bertz CT molecular complexity index is 467. The van der Waals surface area contributed by atoms with Gasteiger partial charge in [-0.05, 0) is 19.3 Å². The average molecular weight is 252 g/mol.